The van der Waals surface area contributed by atoms with E-state index in [9.17, 15) is 4.79 Å². The minimum absolute atomic E-state index is 0.204. The van der Waals surface area contributed by atoms with Gasteiger partial charge in [0.1, 0.15) is 5.82 Å². The summed E-state index contributed by atoms with van der Waals surface area (Å²) in [6, 6.07) is 4.23. The number of nitrogens with zero attached hydrogens (tertiary/aromatic N) is 2. The molecule has 4 heteroatoms. The van der Waals surface area contributed by atoms with Crippen molar-refractivity contribution >= 4 is 12.1 Å². The second-order valence-electron chi connectivity index (χ2n) is 4.42. The first-order valence-electron chi connectivity index (χ1n) is 6.14. The Morgan fingerprint density at radius 3 is 2.76 bits per heavy atom. The van der Waals surface area contributed by atoms with E-state index < -0.39 is 0 Å². The van der Waals surface area contributed by atoms with E-state index in [1.54, 1.807) is 12.3 Å². The average molecular weight is 234 g/mol. The van der Waals surface area contributed by atoms with Crippen molar-refractivity contribution in [3.8, 4) is 0 Å². The molecular formula is C13H18N2O2. The molecule has 1 aromatic rings. The van der Waals surface area contributed by atoms with E-state index in [0.29, 0.717) is 11.6 Å². The van der Waals surface area contributed by atoms with Crippen LogP contribution in [0.5, 0.6) is 0 Å². The molecule has 17 heavy (non-hydrogen) atoms. The molecule has 0 saturated heterocycles. The number of anilines is 1. The molecule has 1 N–H and O–H groups in total. The minimum Gasteiger partial charge on any atom is -0.396 e. The van der Waals surface area contributed by atoms with Gasteiger partial charge in [-0.15, -0.1) is 0 Å². The monoisotopic (exact) mass is 234 g/mol. The summed E-state index contributed by atoms with van der Waals surface area (Å²) in [5.74, 6) is 0.911. The number of rotatable bonds is 6. The smallest absolute Gasteiger partial charge is 0.151 e. The van der Waals surface area contributed by atoms with Gasteiger partial charge in [0, 0.05) is 31.0 Å². The Balaban J connectivity index is 2.09. The maximum absolute atomic E-state index is 10.6. The largest absolute Gasteiger partial charge is 0.396 e. The lowest BCUT2D eigenvalue weighted by Crippen LogP contribution is -2.41. The molecule has 4 nitrogen and oxygen atoms in total. The molecule has 0 bridgehead atoms. The van der Waals surface area contributed by atoms with Gasteiger partial charge in [-0.2, -0.15) is 0 Å². The first kappa shape index (κ1) is 12.0. The molecule has 0 radical (unpaired) electrons. The van der Waals surface area contributed by atoms with Crippen LogP contribution >= 0.6 is 0 Å². The fourth-order valence-electron chi connectivity index (χ4n) is 2.06. The highest BCUT2D eigenvalue weighted by Gasteiger charge is 2.25. The van der Waals surface area contributed by atoms with Crippen LogP contribution in [-0.2, 0) is 0 Å². The highest BCUT2D eigenvalue weighted by atomic mass is 16.3. The summed E-state index contributed by atoms with van der Waals surface area (Å²) < 4.78 is 0. The quantitative estimate of drug-likeness (QED) is 0.760. The lowest BCUT2D eigenvalue weighted by molar-refractivity contribution is 0.112. The molecule has 0 spiro atoms. The zero-order valence-electron chi connectivity index (χ0n) is 9.88. The molecule has 1 fully saturated rings. The molecular weight excluding hydrogens is 216 g/mol. The molecule has 0 atom stereocenters. The van der Waals surface area contributed by atoms with Gasteiger partial charge in [0.2, 0.25) is 0 Å². The molecule has 1 heterocycles. The minimum atomic E-state index is 0.204. The van der Waals surface area contributed by atoms with Gasteiger partial charge in [-0.3, -0.25) is 4.79 Å². The van der Waals surface area contributed by atoms with E-state index in [0.717, 1.165) is 25.1 Å². The van der Waals surface area contributed by atoms with Crippen LogP contribution in [0.1, 0.15) is 36.0 Å². The van der Waals surface area contributed by atoms with E-state index in [2.05, 4.69) is 9.88 Å². The van der Waals surface area contributed by atoms with E-state index in [-0.39, 0.29) is 6.61 Å². The van der Waals surface area contributed by atoms with Crippen LogP contribution in [0.15, 0.2) is 18.3 Å². The van der Waals surface area contributed by atoms with Crippen LogP contribution in [0.4, 0.5) is 5.82 Å². The maximum atomic E-state index is 10.6. The predicted molar refractivity (Wildman–Crippen MR) is 66.3 cm³/mol. The molecule has 1 aliphatic carbocycles. The van der Waals surface area contributed by atoms with Gasteiger partial charge in [-0.1, -0.05) is 0 Å². The highest BCUT2D eigenvalue weighted by molar-refractivity contribution is 5.74. The summed E-state index contributed by atoms with van der Waals surface area (Å²) >= 11 is 0. The standard InChI is InChI=1S/C13H18N2O2/c16-8-2-7-15(12-3-1-4-12)13-6-5-11(10-17)9-14-13/h5-6,9-10,12,16H,1-4,7-8H2. The number of carbonyl (C=O) groups excluding carboxylic acids is 1. The topological polar surface area (TPSA) is 53.4 Å². The van der Waals surface area contributed by atoms with Gasteiger partial charge in [-0.05, 0) is 37.8 Å². The van der Waals surface area contributed by atoms with Gasteiger partial charge in [0.05, 0.1) is 0 Å². The molecule has 2 rings (SSSR count). The Hall–Kier alpha value is -1.42. The van der Waals surface area contributed by atoms with Crippen molar-refractivity contribution in [2.45, 2.75) is 31.7 Å². The Kier molecular flexibility index (Phi) is 4.09. The molecule has 1 aliphatic rings. The molecule has 92 valence electrons. The molecule has 0 aromatic carbocycles. The van der Waals surface area contributed by atoms with Crippen LogP contribution in [0.25, 0.3) is 0 Å². The van der Waals surface area contributed by atoms with Gasteiger partial charge < -0.3 is 10.0 Å². The van der Waals surface area contributed by atoms with Gasteiger partial charge in [-0.25, -0.2) is 4.98 Å². The molecule has 1 aromatic heterocycles. The van der Waals surface area contributed by atoms with Crippen molar-refractivity contribution in [3.05, 3.63) is 23.9 Å². The third-order valence-electron chi connectivity index (χ3n) is 3.27. The van der Waals surface area contributed by atoms with E-state index in [1.165, 1.54) is 19.3 Å². The van der Waals surface area contributed by atoms with E-state index >= 15 is 0 Å². The number of aldehydes is 1. The van der Waals surface area contributed by atoms with Crippen molar-refractivity contribution < 1.29 is 9.90 Å². The summed E-state index contributed by atoms with van der Waals surface area (Å²) in [4.78, 5) is 17.1. The number of aliphatic hydroxyl groups excluding tert-OH is 1. The van der Waals surface area contributed by atoms with Crippen LogP contribution in [-0.4, -0.2) is 35.6 Å². The first-order valence-corrected chi connectivity index (χ1v) is 6.14. The van der Waals surface area contributed by atoms with Crippen molar-refractivity contribution in [1.29, 1.82) is 0 Å². The first-order chi connectivity index (χ1) is 8.35. The Morgan fingerprint density at radius 1 is 1.47 bits per heavy atom. The summed E-state index contributed by atoms with van der Waals surface area (Å²) in [6.07, 6.45) is 6.83. The van der Waals surface area contributed by atoms with Crippen LogP contribution in [0, 0.1) is 0 Å². The summed E-state index contributed by atoms with van der Waals surface area (Å²) in [7, 11) is 0. The van der Waals surface area contributed by atoms with E-state index in [4.69, 9.17) is 5.11 Å². The highest BCUT2D eigenvalue weighted by Crippen LogP contribution is 2.28. The van der Waals surface area contributed by atoms with E-state index in [1.807, 2.05) is 6.07 Å². The maximum Gasteiger partial charge on any atom is 0.151 e. The number of pyridine rings is 1. The van der Waals surface area contributed by atoms with Gasteiger partial charge in [0.15, 0.2) is 6.29 Å². The number of hydrogen-bond acceptors (Lipinski definition) is 4. The number of carbonyl (C=O) groups is 1. The Labute approximate surface area is 101 Å². The summed E-state index contributed by atoms with van der Waals surface area (Å²) in [5.41, 5.74) is 0.601. The number of hydrogen-bond donors (Lipinski definition) is 1. The molecule has 1 saturated carbocycles. The lowest BCUT2D eigenvalue weighted by Gasteiger charge is -2.38. The Morgan fingerprint density at radius 2 is 2.29 bits per heavy atom. The molecule has 0 amide bonds. The SMILES string of the molecule is O=Cc1ccc(N(CCCO)C2CCC2)nc1. The second kappa shape index (κ2) is 5.77. The fourth-order valence-corrected chi connectivity index (χ4v) is 2.06. The number of aromatic nitrogens is 1. The van der Waals surface area contributed by atoms with Gasteiger partial charge >= 0.3 is 0 Å². The third-order valence-corrected chi connectivity index (χ3v) is 3.27. The van der Waals surface area contributed by atoms with Gasteiger partial charge in [0.25, 0.3) is 0 Å². The Bertz CT molecular complexity index is 360. The summed E-state index contributed by atoms with van der Waals surface area (Å²) in [5, 5.41) is 8.92. The lowest BCUT2D eigenvalue weighted by atomic mass is 9.91. The van der Waals surface area contributed by atoms with Crippen LogP contribution in [0.3, 0.4) is 0 Å². The summed E-state index contributed by atoms with van der Waals surface area (Å²) in [6.45, 7) is 1.03. The average Bonchev–Trinajstić information content (AvgIpc) is 2.32. The number of aliphatic hydroxyl groups is 1. The molecule has 0 unspecified atom stereocenters. The fraction of sp³-hybridized carbons (Fsp3) is 0.538. The predicted octanol–water partition coefficient (Wildman–Crippen LogP) is 1.64. The van der Waals surface area contributed by atoms with Crippen LogP contribution in [0.2, 0.25) is 0 Å². The van der Waals surface area contributed by atoms with Crippen molar-refractivity contribution in [2.24, 2.45) is 0 Å². The van der Waals surface area contributed by atoms with Crippen molar-refractivity contribution in [1.82, 2.24) is 4.98 Å². The van der Waals surface area contributed by atoms with Crippen LogP contribution < -0.4 is 4.90 Å². The zero-order valence-corrected chi connectivity index (χ0v) is 9.88. The third kappa shape index (κ3) is 2.82. The normalized spacial score (nSPS) is 15.4. The second-order valence-corrected chi connectivity index (χ2v) is 4.42. The van der Waals surface area contributed by atoms with Crippen molar-refractivity contribution in [3.63, 3.8) is 0 Å². The van der Waals surface area contributed by atoms with Crippen molar-refractivity contribution in [2.75, 3.05) is 18.1 Å². The molecule has 0 aliphatic heterocycles. The zero-order chi connectivity index (χ0) is 12.1.